The molecule has 0 aliphatic rings. The van der Waals surface area contributed by atoms with Crippen LogP contribution in [-0.2, 0) is 0 Å². The topological polar surface area (TPSA) is 160 Å². The molecule has 1 heterocycles. The summed E-state index contributed by atoms with van der Waals surface area (Å²) in [6, 6.07) is 21.4. The summed E-state index contributed by atoms with van der Waals surface area (Å²) in [6.45, 7) is 0. The van der Waals surface area contributed by atoms with Crippen LogP contribution in [0, 0.1) is 5.41 Å². The van der Waals surface area contributed by atoms with Crippen LogP contribution in [0.15, 0.2) is 88.4 Å². The second-order valence-electron chi connectivity index (χ2n) is 8.76. The number of rotatable bonds is 4. The van der Waals surface area contributed by atoms with Crippen molar-refractivity contribution in [2.24, 2.45) is 5.11 Å². The molecule has 6 aromatic rings. The van der Waals surface area contributed by atoms with Crippen molar-refractivity contribution in [3.63, 3.8) is 0 Å². The highest BCUT2D eigenvalue weighted by molar-refractivity contribution is 6.21. The van der Waals surface area contributed by atoms with Crippen molar-refractivity contribution in [3.05, 3.63) is 106 Å². The van der Waals surface area contributed by atoms with Gasteiger partial charge in [-0.1, -0.05) is 29.4 Å². The number of carboxylic acid groups (broad SMARTS) is 2. The van der Waals surface area contributed by atoms with Crippen molar-refractivity contribution in [3.8, 4) is 11.1 Å². The van der Waals surface area contributed by atoms with Gasteiger partial charge < -0.3 is 20.0 Å². The number of hydrogen-bond donors (Lipinski definition) is 3. The Hall–Kier alpha value is -5.66. The molecule has 0 fully saturated rings. The highest BCUT2D eigenvalue weighted by Gasteiger charge is 2.22. The van der Waals surface area contributed by atoms with E-state index in [4.69, 9.17) is 15.4 Å². The van der Waals surface area contributed by atoms with E-state index < -0.39 is 11.9 Å². The van der Waals surface area contributed by atoms with Gasteiger partial charge in [-0.05, 0) is 76.5 Å². The maximum atomic E-state index is 12.3. The van der Waals surface area contributed by atoms with Crippen LogP contribution >= 0.6 is 0 Å². The molecule has 0 bridgehead atoms. The molecule has 9 heteroatoms. The molecule has 0 amide bonds. The molecular weight excluding hydrogens is 484 g/mol. The van der Waals surface area contributed by atoms with Crippen LogP contribution < -0.4 is 5.36 Å². The average molecular weight is 500 g/mol. The third-order valence-corrected chi connectivity index (χ3v) is 6.59. The van der Waals surface area contributed by atoms with Crippen LogP contribution in [0.2, 0.25) is 0 Å². The fraction of sp³-hybridized carbons (Fsp3) is 0. The highest BCUT2D eigenvalue weighted by atomic mass is 16.4. The van der Waals surface area contributed by atoms with E-state index in [0.29, 0.717) is 43.9 Å². The standard InChI is InChI=1S/C29H16N4O5/c30-17-4-9-19-14(11-17)1-7-22-25(24-13-16(28(34)35)3-6-21(24)29(36)37)23-8-2-15-12-18(32-33-31)5-10-20(15)27(23)38-26(19)22/h1-13,30H,(H,34,35)(H,36,37). The Labute approximate surface area is 212 Å². The molecule has 0 atom stereocenters. The van der Waals surface area contributed by atoms with Gasteiger partial charge in [-0.3, -0.25) is 0 Å². The van der Waals surface area contributed by atoms with Crippen LogP contribution in [0.5, 0.6) is 0 Å². The number of carboxylic acids is 2. The fourth-order valence-electron chi connectivity index (χ4n) is 4.93. The first-order valence-electron chi connectivity index (χ1n) is 11.4. The van der Waals surface area contributed by atoms with Crippen LogP contribution in [0.25, 0.3) is 65.1 Å². The Morgan fingerprint density at radius 3 is 2.03 bits per heavy atom. The van der Waals surface area contributed by atoms with E-state index in [1.54, 1.807) is 48.5 Å². The monoisotopic (exact) mass is 500 g/mol. The van der Waals surface area contributed by atoms with Crippen molar-refractivity contribution in [1.29, 1.82) is 5.41 Å². The third-order valence-electron chi connectivity index (χ3n) is 6.59. The lowest BCUT2D eigenvalue weighted by Gasteiger charge is -2.16. The van der Waals surface area contributed by atoms with E-state index in [9.17, 15) is 19.8 Å². The van der Waals surface area contributed by atoms with E-state index in [0.717, 1.165) is 16.2 Å². The number of fused-ring (bicyclic) bond motifs is 6. The minimum atomic E-state index is -1.20. The van der Waals surface area contributed by atoms with Crippen LogP contribution in [0.4, 0.5) is 5.69 Å². The minimum Gasteiger partial charge on any atom is -0.478 e. The summed E-state index contributed by atoms with van der Waals surface area (Å²) in [6.07, 6.45) is 0. The van der Waals surface area contributed by atoms with Gasteiger partial charge in [0, 0.05) is 37.7 Å². The van der Waals surface area contributed by atoms with Gasteiger partial charge in [-0.25, -0.2) is 9.59 Å². The van der Waals surface area contributed by atoms with Gasteiger partial charge >= 0.3 is 11.9 Å². The molecule has 3 N–H and O–H groups in total. The second kappa shape index (κ2) is 8.48. The largest absolute Gasteiger partial charge is 0.478 e. The van der Waals surface area contributed by atoms with Gasteiger partial charge in [-0.2, -0.15) is 0 Å². The number of carbonyl (C=O) groups is 2. The molecular formula is C29H16N4O5. The van der Waals surface area contributed by atoms with Crippen LogP contribution in [0.3, 0.4) is 0 Å². The normalized spacial score (nSPS) is 11.2. The predicted octanol–water partition coefficient (Wildman–Crippen LogP) is 7.38. The van der Waals surface area contributed by atoms with Gasteiger partial charge in [0.1, 0.15) is 11.2 Å². The molecule has 0 spiro atoms. The van der Waals surface area contributed by atoms with Crippen LogP contribution in [-0.4, -0.2) is 22.2 Å². The van der Waals surface area contributed by atoms with E-state index in [1.807, 2.05) is 12.1 Å². The summed E-state index contributed by atoms with van der Waals surface area (Å²) in [5.74, 6) is -2.37. The van der Waals surface area contributed by atoms with Gasteiger partial charge in [0.15, 0.2) is 0 Å². The summed E-state index contributed by atoms with van der Waals surface area (Å²) < 4.78 is 6.52. The lowest BCUT2D eigenvalue weighted by molar-refractivity contribution is 0.0682. The maximum Gasteiger partial charge on any atom is 0.336 e. The smallest absolute Gasteiger partial charge is 0.336 e. The molecule has 38 heavy (non-hydrogen) atoms. The second-order valence-corrected chi connectivity index (χ2v) is 8.76. The van der Waals surface area contributed by atoms with Crippen molar-refractivity contribution < 1.29 is 24.2 Å². The first-order valence-corrected chi connectivity index (χ1v) is 11.4. The molecule has 0 aliphatic carbocycles. The molecule has 0 unspecified atom stereocenters. The zero-order valence-electron chi connectivity index (χ0n) is 19.5. The molecule has 182 valence electrons. The Balaban J connectivity index is 1.87. The molecule has 0 radical (unpaired) electrons. The lowest BCUT2D eigenvalue weighted by atomic mass is 9.90. The number of benzene rings is 5. The lowest BCUT2D eigenvalue weighted by Crippen LogP contribution is -2.04. The Morgan fingerprint density at radius 2 is 1.39 bits per heavy atom. The summed E-state index contributed by atoms with van der Waals surface area (Å²) in [4.78, 5) is 27.0. The van der Waals surface area contributed by atoms with Crippen molar-refractivity contribution in [1.82, 2.24) is 0 Å². The molecule has 9 nitrogen and oxygen atoms in total. The zero-order chi connectivity index (χ0) is 26.6. The van der Waals surface area contributed by atoms with Crippen molar-refractivity contribution in [2.75, 3.05) is 0 Å². The SMILES string of the molecule is [N-]=[N+]=Nc1ccc2c(ccc3c(-c4cc(C(=O)O)ccc4C(=O)O)c4ccc5cc(=N)ccc5c4oc32)c1. The summed E-state index contributed by atoms with van der Waals surface area (Å²) in [7, 11) is 0. The Bertz CT molecular complexity index is 2120. The van der Waals surface area contributed by atoms with Gasteiger partial charge in [0.2, 0.25) is 0 Å². The Kier molecular flexibility index (Phi) is 5.08. The average Bonchev–Trinajstić information content (AvgIpc) is 2.91. The van der Waals surface area contributed by atoms with Crippen LogP contribution in [0.1, 0.15) is 20.7 Å². The number of azide groups is 1. The molecule has 6 rings (SSSR count). The number of nitrogens with one attached hydrogen (secondary N) is 1. The molecule has 0 saturated heterocycles. The molecule has 5 aromatic carbocycles. The van der Waals surface area contributed by atoms with Crippen molar-refractivity contribution >= 4 is 61.1 Å². The zero-order valence-corrected chi connectivity index (χ0v) is 19.5. The van der Waals surface area contributed by atoms with Gasteiger partial charge in [-0.15, -0.1) is 0 Å². The Morgan fingerprint density at radius 1 is 0.763 bits per heavy atom. The highest BCUT2D eigenvalue weighted by Crippen LogP contribution is 2.43. The van der Waals surface area contributed by atoms with E-state index in [1.165, 1.54) is 18.2 Å². The predicted molar refractivity (Wildman–Crippen MR) is 143 cm³/mol. The first kappa shape index (κ1) is 22.8. The van der Waals surface area contributed by atoms with E-state index in [-0.39, 0.29) is 16.7 Å². The van der Waals surface area contributed by atoms with E-state index >= 15 is 0 Å². The molecule has 0 aliphatic heterocycles. The van der Waals surface area contributed by atoms with E-state index in [2.05, 4.69) is 10.0 Å². The molecule has 0 saturated carbocycles. The first-order chi connectivity index (χ1) is 18.4. The number of hydrogen-bond acceptors (Lipinski definition) is 5. The third kappa shape index (κ3) is 3.50. The minimum absolute atomic E-state index is 0.0495. The summed E-state index contributed by atoms with van der Waals surface area (Å²) in [5, 5.41) is 35.8. The van der Waals surface area contributed by atoms with Gasteiger partial charge in [0.05, 0.1) is 16.5 Å². The fourth-order valence-corrected chi connectivity index (χ4v) is 4.93. The number of nitrogens with zero attached hydrogens (tertiary/aromatic N) is 3. The molecule has 1 aromatic heterocycles. The number of aromatic carboxylic acids is 2. The van der Waals surface area contributed by atoms with Gasteiger partial charge in [0.25, 0.3) is 0 Å². The quantitative estimate of drug-likeness (QED) is 0.0755. The summed E-state index contributed by atoms with van der Waals surface area (Å²) >= 11 is 0. The summed E-state index contributed by atoms with van der Waals surface area (Å²) in [5.41, 5.74) is 10.8. The van der Waals surface area contributed by atoms with Crippen molar-refractivity contribution in [2.45, 2.75) is 0 Å². The maximum absolute atomic E-state index is 12.3.